The second-order valence-corrected chi connectivity index (χ2v) is 6.25. The summed E-state index contributed by atoms with van der Waals surface area (Å²) in [5, 5.41) is 2.92. The molecule has 0 aliphatic carbocycles. The van der Waals surface area contributed by atoms with Gasteiger partial charge >= 0.3 is 6.09 Å². The Hall–Kier alpha value is -1.26. The lowest BCUT2D eigenvalue weighted by atomic mass is 9.91. The third-order valence-corrected chi connectivity index (χ3v) is 2.83. The van der Waals surface area contributed by atoms with Crippen LogP contribution in [0.2, 0.25) is 0 Å². The predicted molar refractivity (Wildman–Crippen MR) is 69.3 cm³/mol. The standard InChI is InChI=1S/C13H24N2O3/c1-10(16)14-13(5)7-6-8-15(9-13)11(17)18-12(2,3)4/h6-9H2,1-5H3,(H,14,16)/t13-/m0/s1. The van der Waals surface area contributed by atoms with Crippen LogP contribution < -0.4 is 5.32 Å². The quantitative estimate of drug-likeness (QED) is 0.779. The Morgan fingerprint density at radius 1 is 1.33 bits per heavy atom. The number of ether oxygens (including phenoxy) is 1. The van der Waals surface area contributed by atoms with E-state index in [2.05, 4.69) is 5.32 Å². The van der Waals surface area contributed by atoms with Gasteiger partial charge in [-0.2, -0.15) is 0 Å². The molecule has 1 atom stereocenters. The summed E-state index contributed by atoms with van der Waals surface area (Å²) in [6, 6.07) is 0. The predicted octanol–water partition coefficient (Wildman–Crippen LogP) is 1.91. The molecule has 1 aliphatic rings. The zero-order chi connectivity index (χ0) is 14.0. The van der Waals surface area contributed by atoms with Crippen LogP contribution in [-0.2, 0) is 9.53 Å². The van der Waals surface area contributed by atoms with E-state index in [9.17, 15) is 9.59 Å². The van der Waals surface area contributed by atoms with Crippen LogP contribution in [0.15, 0.2) is 0 Å². The summed E-state index contributed by atoms with van der Waals surface area (Å²) >= 11 is 0. The highest BCUT2D eigenvalue weighted by Gasteiger charge is 2.35. The number of carbonyl (C=O) groups is 2. The minimum Gasteiger partial charge on any atom is -0.444 e. The molecule has 0 saturated carbocycles. The Labute approximate surface area is 109 Å². The SMILES string of the molecule is CC(=O)N[C@@]1(C)CCCN(C(=O)OC(C)(C)C)C1. The van der Waals surface area contributed by atoms with Crippen molar-refractivity contribution in [2.75, 3.05) is 13.1 Å². The first-order chi connectivity index (χ1) is 8.11. The molecule has 1 N–H and O–H groups in total. The fourth-order valence-corrected chi connectivity index (χ4v) is 2.25. The van der Waals surface area contributed by atoms with Gasteiger partial charge in [-0.15, -0.1) is 0 Å². The summed E-state index contributed by atoms with van der Waals surface area (Å²) in [6.45, 7) is 10.2. The van der Waals surface area contributed by atoms with Crippen LogP contribution in [0.25, 0.3) is 0 Å². The minimum absolute atomic E-state index is 0.0662. The van der Waals surface area contributed by atoms with Crippen molar-refractivity contribution in [1.29, 1.82) is 0 Å². The molecular formula is C13H24N2O3. The van der Waals surface area contributed by atoms with E-state index in [1.165, 1.54) is 6.92 Å². The van der Waals surface area contributed by atoms with Crippen LogP contribution in [0.5, 0.6) is 0 Å². The Balaban J connectivity index is 2.63. The monoisotopic (exact) mass is 256 g/mol. The number of carbonyl (C=O) groups excluding carboxylic acids is 2. The summed E-state index contributed by atoms with van der Waals surface area (Å²) in [6.07, 6.45) is 1.45. The molecule has 0 spiro atoms. The van der Waals surface area contributed by atoms with E-state index < -0.39 is 5.60 Å². The van der Waals surface area contributed by atoms with E-state index in [1.54, 1.807) is 4.90 Å². The molecule has 1 fully saturated rings. The molecule has 5 nitrogen and oxygen atoms in total. The van der Waals surface area contributed by atoms with Crippen molar-refractivity contribution in [2.45, 2.75) is 58.6 Å². The molecule has 104 valence electrons. The fraction of sp³-hybridized carbons (Fsp3) is 0.846. The number of nitrogens with one attached hydrogen (secondary N) is 1. The number of rotatable bonds is 1. The van der Waals surface area contributed by atoms with Crippen molar-refractivity contribution in [3.63, 3.8) is 0 Å². The lowest BCUT2D eigenvalue weighted by molar-refractivity contribution is -0.121. The average molecular weight is 256 g/mol. The smallest absolute Gasteiger partial charge is 0.410 e. The Kier molecular flexibility index (Phi) is 4.24. The maximum absolute atomic E-state index is 12.0. The highest BCUT2D eigenvalue weighted by molar-refractivity contribution is 5.74. The van der Waals surface area contributed by atoms with E-state index >= 15 is 0 Å². The maximum Gasteiger partial charge on any atom is 0.410 e. The summed E-state index contributed by atoms with van der Waals surface area (Å²) in [7, 11) is 0. The second kappa shape index (κ2) is 5.16. The van der Waals surface area contributed by atoms with Gasteiger partial charge in [0, 0.05) is 20.0 Å². The number of hydrogen-bond donors (Lipinski definition) is 1. The molecule has 1 saturated heterocycles. The highest BCUT2D eigenvalue weighted by atomic mass is 16.6. The van der Waals surface area contributed by atoms with Crippen molar-refractivity contribution in [3.8, 4) is 0 Å². The van der Waals surface area contributed by atoms with E-state index in [-0.39, 0.29) is 17.5 Å². The molecule has 0 bridgehead atoms. The molecule has 0 aromatic rings. The molecule has 18 heavy (non-hydrogen) atoms. The van der Waals surface area contributed by atoms with Crippen LogP contribution in [0.3, 0.4) is 0 Å². The second-order valence-electron chi connectivity index (χ2n) is 6.25. The topological polar surface area (TPSA) is 58.6 Å². The molecular weight excluding hydrogens is 232 g/mol. The largest absolute Gasteiger partial charge is 0.444 e. The Morgan fingerprint density at radius 2 is 1.94 bits per heavy atom. The Morgan fingerprint density at radius 3 is 2.44 bits per heavy atom. The van der Waals surface area contributed by atoms with E-state index in [0.717, 1.165) is 12.8 Å². The fourth-order valence-electron chi connectivity index (χ4n) is 2.25. The van der Waals surface area contributed by atoms with Gasteiger partial charge in [-0.05, 0) is 40.5 Å². The molecule has 0 radical (unpaired) electrons. The molecule has 0 unspecified atom stereocenters. The van der Waals surface area contributed by atoms with Gasteiger partial charge in [0.1, 0.15) is 5.60 Å². The first kappa shape index (κ1) is 14.8. The summed E-state index contributed by atoms with van der Waals surface area (Å²) in [5.74, 6) is -0.0662. The highest BCUT2D eigenvalue weighted by Crippen LogP contribution is 2.22. The van der Waals surface area contributed by atoms with Gasteiger partial charge in [0.15, 0.2) is 0 Å². The molecule has 1 heterocycles. The zero-order valence-electron chi connectivity index (χ0n) is 12.0. The molecule has 0 aromatic heterocycles. The third kappa shape index (κ3) is 4.55. The van der Waals surface area contributed by atoms with E-state index in [0.29, 0.717) is 13.1 Å². The Bertz CT molecular complexity index is 336. The molecule has 2 amide bonds. The van der Waals surface area contributed by atoms with Crippen LogP contribution in [-0.4, -0.2) is 41.1 Å². The third-order valence-electron chi connectivity index (χ3n) is 2.83. The van der Waals surface area contributed by atoms with Crippen molar-refractivity contribution in [3.05, 3.63) is 0 Å². The average Bonchev–Trinajstić information content (AvgIpc) is 2.12. The van der Waals surface area contributed by atoms with Gasteiger partial charge in [0.25, 0.3) is 0 Å². The maximum atomic E-state index is 12.0. The van der Waals surface area contributed by atoms with Gasteiger partial charge in [-0.3, -0.25) is 4.79 Å². The first-order valence-electron chi connectivity index (χ1n) is 6.38. The van der Waals surface area contributed by atoms with E-state index in [1.807, 2.05) is 27.7 Å². The first-order valence-corrected chi connectivity index (χ1v) is 6.38. The minimum atomic E-state index is -0.487. The normalized spacial score (nSPS) is 24.6. The summed E-state index contributed by atoms with van der Waals surface area (Å²) < 4.78 is 5.35. The molecule has 5 heteroatoms. The lowest BCUT2D eigenvalue weighted by Gasteiger charge is -2.41. The molecule has 1 rings (SSSR count). The number of piperidine rings is 1. The van der Waals surface area contributed by atoms with Gasteiger partial charge in [-0.1, -0.05) is 0 Å². The van der Waals surface area contributed by atoms with Crippen LogP contribution >= 0.6 is 0 Å². The van der Waals surface area contributed by atoms with Crippen molar-refractivity contribution in [2.24, 2.45) is 0 Å². The number of nitrogens with zero attached hydrogens (tertiary/aromatic N) is 1. The van der Waals surface area contributed by atoms with E-state index in [4.69, 9.17) is 4.74 Å². The summed E-state index contributed by atoms with van der Waals surface area (Å²) in [4.78, 5) is 24.8. The van der Waals surface area contributed by atoms with Crippen LogP contribution in [0.4, 0.5) is 4.79 Å². The van der Waals surface area contributed by atoms with Crippen molar-refractivity contribution < 1.29 is 14.3 Å². The lowest BCUT2D eigenvalue weighted by Crippen LogP contribution is -2.58. The zero-order valence-corrected chi connectivity index (χ0v) is 12.0. The van der Waals surface area contributed by atoms with Crippen molar-refractivity contribution >= 4 is 12.0 Å². The van der Waals surface area contributed by atoms with Gasteiger partial charge < -0.3 is 15.0 Å². The summed E-state index contributed by atoms with van der Waals surface area (Å²) in [5.41, 5.74) is -0.833. The number of likely N-dealkylation sites (tertiary alicyclic amines) is 1. The van der Waals surface area contributed by atoms with Crippen LogP contribution in [0.1, 0.15) is 47.5 Å². The number of amides is 2. The molecule has 0 aromatic carbocycles. The van der Waals surface area contributed by atoms with Crippen molar-refractivity contribution in [1.82, 2.24) is 10.2 Å². The van der Waals surface area contributed by atoms with Crippen LogP contribution in [0, 0.1) is 0 Å². The van der Waals surface area contributed by atoms with Gasteiger partial charge in [0.05, 0.1) is 5.54 Å². The number of hydrogen-bond acceptors (Lipinski definition) is 3. The molecule has 1 aliphatic heterocycles. The van der Waals surface area contributed by atoms with Gasteiger partial charge in [-0.25, -0.2) is 4.79 Å². The van der Waals surface area contributed by atoms with Gasteiger partial charge in [0.2, 0.25) is 5.91 Å².